The van der Waals surface area contributed by atoms with E-state index < -0.39 is 16.1 Å². The van der Waals surface area contributed by atoms with Gasteiger partial charge in [0.05, 0.1) is 12.8 Å². The van der Waals surface area contributed by atoms with Crippen molar-refractivity contribution in [1.29, 1.82) is 0 Å². The van der Waals surface area contributed by atoms with E-state index in [0.29, 0.717) is 24.5 Å². The summed E-state index contributed by atoms with van der Waals surface area (Å²) in [7, 11) is -2.28. The van der Waals surface area contributed by atoms with Crippen molar-refractivity contribution in [2.45, 2.75) is 19.6 Å². The molecule has 0 amide bonds. The lowest BCUT2D eigenvalue weighted by Gasteiger charge is -2.20. The van der Waals surface area contributed by atoms with Crippen molar-refractivity contribution >= 4 is 15.9 Å². The largest absolute Gasteiger partial charge is 0.493 e. The van der Waals surface area contributed by atoms with Gasteiger partial charge in [-0.2, -0.15) is 8.42 Å². The fourth-order valence-corrected chi connectivity index (χ4v) is 4.60. The van der Waals surface area contributed by atoms with Gasteiger partial charge < -0.3 is 14.6 Å². The van der Waals surface area contributed by atoms with Crippen LogP contribution in [0, 0.1) is 0 Å². The summed E-state index contributed by atoms with van der Waals surface area (Å²) in [6.45, 7) is 0.780. The average molecular weight is 453 g/mol. The van der Waals surface area contributed by atoms with Crippen molar-refractivity contribution in [3.05, 3.63) is 107 Å². The zero-order chi connectivity index (χ0) is 22.6. The molecule has 1 heterocycles. The monoisotopic (exact) mass is 452 g/mol. The van der Waals surface area contributed by atoms with Crippen LogP contribution in [0.15, 0.2) is 84.9 Å². The molecule has 3 aromatic rings. The van der Waals surface area contributed by atoms with Gasteiger partial charge >= 0.3 is 10.2 Å². The Balaban J connectivity index is 1.68. The van der Waals surface area contributed by atoms with Gasteiger partial charge in [0.25, 0.3) is 0 Å². The van der Waals surface area contributed by atoms with E-state index in [4.69, 9.17) is 9.47 Å². The maximum atomic E-state index is 12.4. The first-order chi connectivity index (χ1) is 15.5. The van der Waals surface area contributed by atoms with Gasteiger partial charge in [-0.3, -0.25) is 0 Å². The molecule has 0 aromatic heterocycles. The molecule has 0 spiro atoms. The molecule has 1 aliphatic rings. The molecule has 0 fully saturated rings. The number of aliphatic hydroxyl groups is 1. The number of anilines is 1. The third kappa shape index (κ3) is 4.87. The highest BCUT2D eigenvalue weighted by molar-refractivity contribution is 7.91. The number of ether oxygens (including phenoxy) is 2. The molecule has 166 valence electrons. The van der Waals surface area contributed by atoms with Gasteiger partial charge in [0, 0.05) is 7.11 Å². The molecule has 0 radical (unpaired) electrons. The molecule has 0 saturated heterocycles. The highest BCUT2D eigenvalue weighted by Crippen LogP contribution is 2.35. The number of hydrogen-bond acceptors (Lipinski definition) is 5. The smallest absolute Gasteiger partial charge is 0.330 e. The molecular weight excluding hydrogens is 428 g/mol. The number of methoxy groups -OCH3 is 1. The van der Waals surface area contributed by atoms with Crippen LogP contribution in [-0.4, -0.2) is 20.6 Å². The van der Waals surface area contributed by atoms with E-state index in [1.54, 1.807) is 13.2 Å². The first-order valence-electron chi connectivity index (χ1n) is 10.0. The Kier molecular flexibility index (Phi) is 6.34. The minimum absolute atomic E-state index is 0.272. The molecule has 1 aliphatic heterocycles. The van der Waals surface area contributed by atoms with Crippen molar-refractivity contribution < 1.29 is 23.0 Å². The fourth-order valence-electron chi connectivity index (χ4n) is 3.53. The number of aliphatic hydroxyl groups excluding tert-OH is 1. The number of nitrogens with one attached hydrogen (secondary N) is 1. The van der Waals surface area contributed by atoms with Crippen molar-refractivity contribution in [2.24, 2.45) is 0 Å². The van der Waals surface area contributed by atoms with Crippen molar-refractivity contribution in [1.82, 2.24) is 4.72 Å². The highest BCUT2D eigenvalue weighted by Gasteiger charge is 2.31. The molecule has 8 heteroatoms. The average Bonchev–Trinajstić information content (AvgIpc) is 3.06. The molecule has 3 aromatic carbocycles. The number of benzene rings is 3. The summed E-state index contributed by atoms with van der Waals surface area (Å²) in [6, 6.07) is 23.0. The molecule has 0 unspecified atom stereocenters. The molecule has 0 atom stereocenters. The summed E-state index contributed by atoms with van der Waals surface area (Å²) < 4.78 is 39.2. The van der Waals surface area contributed by atoms with E-state index in [1.807, 2.05) is 66.7 Å². The molecule has 0 bridgehead atoms. The Morgan fingerprint density at radius 2 is 1.62 bits per heavy atom. The van der Waals surface area contributed by atoms with Gasteiger partial charge in [-0.05, 0) is 40.8 Å². The maximum absolute atomic E-state index is 12.4. The maximum Gasteiger partial charge on any atom is 0.330 e. The van der Waals surface area contributed by atoms with E-state index in [2.05, 4.69) is 4.72 Å². The zero-order valence-electron chi connectivity index (χ0n) is 17.6. The Labute approximate surface area is 187 Å². The van der Waals surface area contributed by atoms with Crippen molar-refractivity contribution in [2.75, 3.05) is 11.4 Å². The van der Waals surface area contributed by atoms with Crippen LogP contribution in [-0.2, 0) is 34.6 Å². The Bertz CT molecular complexity index is 1230. The van der Waals surface area contributed by atoms with Gasteiger partial charge in [0.2, 0.25) is 5.88 Å². The van der Waals surface area contributed by atoms with Crippen LogP contribution in [0.2, 0.25) is 0 Å². The van der Waals surface area contributed by atoms with Crippen LogP contribution in [0.3, 0.4) is 0 Å². The normalized spacial score (nSPS) is 14.7. The fraction of sp³-hybridized carbons (Fsp3) is 0.167. The number of hydrogen-bond donors (Lipinski definition) is 2. The summed E-state index contributed by atoms with van der Waals surface area (Å²) in [5.74, 6) is -0.0523. The first-order valence-corrected chi connectivity index (χ1v) is 11.5. The van der Waals surface area contributed by atoms with Crippen LogP contribution in [0.25, 0.3) is 0 Å². The van der Waals surface area contributed by atoms with Gasteiger partial charge in [-0.25, -0.2) is 9.03 Å². The topological polar surface area (TPSA) is 88.1 Å². The van der Waals surface area contributed by atoms with Crippen molar-refractivity contribution in [3.63, 3.8) is 0 Å². The molecule has 0 saturated carbocycles. The summed E-state index contributed by atoms with van der Waals surface area (Å²) >= 11 is 0. The minimum atomic E-state index is -3.94. The molecule has 4 rings (SSSR count). The Hall–Kier alpha value is -3.49. The number of rotatable bonds is 8. The van der Waals surface area contributed by atoms with Crippen LogP contribution >= 0.6 is 0 Å². The Morgan fingerprint density at radius 3 is 2.31 bits per heavy atom. The molecule has 2 N–H and O–H groups in total. The van der Waals surface area contributed by atoms with Gasteiger partial charge in [0.15, 0.2) is 0 Å². The summed E-state index contributed by atoms with van der Waals surface area (Å²) in [4.78, 5) is 0. The summed E-state index contributed by atoms with van der Waals surface area (Å²) in [5.41, 5.74) is 4.42. The van der Waals surface area contributed by atoms with Crippen LogP contribution in [0.1, 0.15) is 22.3 Å². The quantitative estimate of drug-likeness (QED) is 0.539. The molecule has 7 nitrogen and oxygen atoms in total. The second kappa shape index (κ2) is 9.33. The standard InChI is InChI=1S/C24H24N2O5S/c1-30-17-21-10-6-5-9-20(21)13-19-11-12-22(26-15-24(27)25-32(26,28)29)23(14-19)31-16-18-7-3-2-4-8-18/h2-12,14-15,25,27H,13,16-17H2,1H3. The van der Waals surface area contributed by atoms with Gasteiger partial charge in [0.1, 0.15) is 18.0 Å². The third-order valence-electron chi connectivity index (χ3n) is 5.04. The SMILES string of the molecule is COCc1ccccc1Cc1ccc(N2C=C(O)NS2(=O)=O)c(OCc2ccccc2)c1. The minimum Gasteiger partial charge on any atom is -0.493 e. The van der Waals surface area contributed by atoms with Gasteiger partial charge in [-0.15, -0.1) is 0 Å². The lowest BCUT2D eigenvalue weighted by molar-refractivity contribution is 0.184. The second-order valence-electron chi connectivity index (χ2n) is 7.37. The van der Waals surface area contributed by atoms with E-state index >= 15 is 0 Å². The van der Waals surface area contributed by atoms with Crippen LogP contribution in [0.5, 0.6) is 5.75 Å². The number of nitrogens with zero attached hydrogens (tertiary/aromatic N) is 1. The lowest BCUT2D eigenvalue weighted by atomic mass is 9.99. The molecule has 0 aliphatic carbocycles. The Morgan fingerprint density at radius 1 is 0.906 bits per heavy atom. The van der Waals surface area contributed by atoms with Crippen LogP contribution < -0.4 is 13.8 Å². The molecular formula is C24H24N2O5S. The van der Waals surface area contributed by atoms with E-state index in [9.17, 15) is 13.5 Å². The highest BCUT2D eigenvalue weighted by atomic mass is 32.2. The van der Waals surface area contributed by atoms with Crippen LogP contribution in [0.4, 0.5) is 5.69 Å². The summed E-state index contributed by atoms with van der Waals surface area (Å²) in [6.07, 6.45) is 1.75. The molecule has 32 heavy (non-hydrogen) atoms. The predicted octanol–water partition coefficient (Wildman–Crippen LogP) is 4.01. The van der Waals surface area contributed by atoms with E-state index in [0.717, 1.165) is 32.8 Å². The van der Waals surface area contributed by atoms with Gasteiger partial charge in [-0.1, -0.05) is 60.7 Å². The summed E-state index contributed by atoms with van der Waals surface area (Å²) in [5, 5.41) is 9.70. The predicted molar refractivity (Wildman–Crippen MR) is 122 cm³/mol. The zero-order valence-corrected chi connectivity index (χ0v) is 18.4. The third-order valence-corrected chi connectivity index (χ3v) is 6.33. The van der Waals surface area contributed by atoms with E-state index in [-0.39, 0.29) is 6.61 Å². The van der Waals surface area contributed by atoms with Crippen molar-refractivity contribution in [3.8, 4) is 5.75 Å². The second-order valence-corrected chi connectivity index (χ2v) is 8.92. The lowest BCUT2D eigenvalue weighted by Crippen LogP contribution is -2.30. The van der Waals surface area contributed by atoms with E-state index in [1.165, 1.54) is 0 Å². The first kappa shape index (κ1) is 21.7.